The van der Waals surface area contributed by atoms with Crippen molar-refractivity contribution in [2.45, 2.75) is 38.7 Å². The van der Waals surface area contributed by atoms with E-state index >= 15 is 0 Å². The summed E-state index contributed by atoms with van der Waals surface area (Å²) < 4.78 is 18.6. The number of carbonyl (C=O) groups is 1. The molecule has 5 nitrogen and oxygen atoms in total. The summed E-state index contributed by atoms with van der Waals surface area (Å²) in [7, 11) is 0. The zero-order valence-electron chi connectivity index (χ0n) is 15.8. The van der Waals surface area contributed by atoms with Crippen molar-refractivity contribution in [1.82, 2.24) is 4.90 Å². The average molecular weight is 374 g/mol. The van der Waals surface area contributed by atoms with E-state index in [0.29, 0.717) is 26.0 Å². The number of carbonyl (C=O) groups excluding carboxylic acids is 1. The molecule has 0 bridgehead atoms. The number of benzene rings is 1. The average Bonchev–Trinajstić information content (AvgIpc) is 3.11. The summed E-state index contributed by atoms with van der Waals surface area (Å²) in [6.07, 6.45) is 4.57. The summed E-state index contributed by atoms with van der Waals surface area (Å²) in [4.78, 5) is 20.7. The molecule has 0 aliphatic carbocycles. The molecule has 0 amide bonds. The Morgan fingerprint density at radius 2 is 2.26 bits per heavy atom. The number of hydrogen-bond acceptors (Lipinski definition) is 5. The lowest BCUT2D eigenvalue weighted by Crippen LogP contribution is -2.50. The van der Waals surface area contributed by atoms with Gasteiger partial charge in [-0.3, -0.25) is 9.69 Å². The number of nitrogens with zero attached hydrogens (tertiary/aromatic N) is 2. The molecule has 1 aromatic rings. The Kier molecular flexibility index (Phi) is 6.26. The van der Waals surface area contributed by atoms with Crippen molar-refractivity contribution in [3.05, 3.63) is 48.3 Å². The van der Waals surface area contributed by atoms with Gasteiger partial charge in [0.05, 0.1) is 17.7 Å². The summed E-state index contributed by atoms with van der Waals surface area (Å²) in [5.41, 5.74) is 1.05. The molecule has 1 fully saturated rings. The molecule has 2 aliphatic heterocycles. The highest BCUT2D eigenvalue weighted by atomic mass is 19.1. The molecule has 6 heteroatoms. The minimum atomic E-state index is -0.588. The highest BCUT2D eigenvalue weighted by Gasteiger charge is 2.46. The normalized spacial score (nSPS) is 25.6. The quantitative estimate of drug-likeness (QED) is 0.541. The Bertz CT molecular complexity index is 704. The molecule has 2 heterocycles. The van der Waals surface area contributed by atoms with Crippen LogP contribution in [0.2, 0.25) is 0 Å². The van der Waals surface area contributed by atoms with Crippen LogP contribution in [0, 0.1) is 11.2 Å². The van der Waals surface area contributed by atoms with Gasteiger partial charge in [0.2, 0.25) is 0 Å². The summed E-state index contributed by atoms with van der Waals surface area (Å²) in [6.45, 7) is 8.36. The summed E-state index contributed by atoms with van der Waals surface area (Å²) in [6, 6.07) is 6.24. The summed E-state index contributed by atoms with van der Waals surface area (Å²) in [5, 5.41) is 4.19. The number of hydrogen-bond donors (Lipinski definition) is 0. The molecule has 0 N–H and O–H groups in total. The van der Waals surface area contributed by atoms with Crippen LogP contribution in [0.4, 0.5) is 4.39 Å². The van der Waals surface area contributed by atoms with E-state index in [2.05, 4.69) is 16.6 Å². The van der Waals surface area contributed by atoms with Crippen molar-refractivity contribution < 1.29 is 18.8 Å². The Balaban J connectivity index is 1.70. The van der Waals surface area contributed by atoms with Crippen molar-refractivity contribution in [1.29, 1.82) is 0 Å². The van der Waals surface area contributed by atoms with Crippen LogP contribution in [0.3, 0.4) is 0 Å². The Morgan fingerprint density at radius 1 is 1.48 bits per heavy atom. The van der Waals surface area contributed by atoms with Gasteiger partial charge >= 0.3 is 5.97 Å². The number of rotatable bonds is 7. The SMILES string of the molecule is C=CCN1CCC[C@](C[C@H]2CC(c3ccc(F)cc3)=NO2)(C(=O)OCC)C1. The number of oxime groups is 1. The summed E-state index contributed by atoms with van der Waals surface area (Å²) in [5.74, 6) is -0.432. The van der Waals surface area contributed by atoms with E-state index in [1.54, 1.807) is 12.1 Å². The van der Waals surface area contributed by atoms with Crippen molar-refractivity contribution in [3.8, 4) is 0 Å². The van der Waals surface area contributed by atoms with Gasteiger partial charge in [-0.25, -0.2) is 4.39 Å². The number of esters is 1. The van der Waals surface area contributed by atoms with Crippen LogP contribution in [0.25, 0.3) is 0 Å². The third-order valence-corrected chi connectivity index (χ3v) is 5.28. The number of piperidine rings is 1. The second kappa shape index (κ2) is 8.65. The minimum absolute atomic E-state index is 0.155. The fraction of sp³-hybridized carbons (Fsp3) is 0.524. The van der Waals surface area contributed by atoms with Crippen molar-refractivity contribution in [2.24, 2.45) is 10.6 Å². The van der Waals surface area contributed by atoms with E-state index in [9.17, 15) is 9.18 Å². The molecule has 27 heavy (non-hydrogen) atoms. The van der Waals surface area contributed by atoms with Gasteiger partial charge in [-0.05, 0) is 44.0 Å². The van der Waals surface area contributed by atoms with Crippen LogP contribution in [-0.2, 0) is 14.4 Å². The maximum Gasteiger partial charge on any atom is 0.313 e. The van der Waals surface area contributed by atoms with Gasteiger partial charge in [-0.15, -0.1) is 6.58 Å². The molecule has 0 saturated carbocycles. The molecule has 0 spiro atoms. The molecule has 3 rings (SSSR count). The molecule has 1 aromatic carbocycles. The second-order valence-corrected chi connectivity index (χ2v) is 7.31. The predicted molar refractivity (Wildman–Crippen MR) is 102 cm³/mol. The molecule has 0 aromatic heterocycles. The van der Waals surface area contributed by atoms with E-state index in [1.165, 1.54) is 12.1 Å². The lowest BCUT2D eigenvalue weighted by atomic mass is 9.74. The number of halogens is 1. The van der Waals surface area contributed by atoms with Crippen molar-refractivity contribution in [2.75, 3.05) is 26.2 Å². The van der Waals surface area contributed by atoms with E-state index < -0.39 is 5.41 Å². The van der Waals surface area contributed by atoms with Crippen LogP contribution in [-0.4, -0.2) is 48.9 Å². The first-order valence-electron chi connectivity index (χ1n) is 9.55. The molecule has 0 unspecified atom stereocenters. The third kappa shape index (κ3) is 4.56. The number of likely N-dealkylation sites (tertiary alicyclic amines) is 1. The van der Waals surface area contributed by atoms with Gasteiger partial charge < -0.3 is 9.57 Å². The molecule has 1 saturated heterocycles. The smallest absolute Gasteiger partial charge is 0.313 e. The summed E-state index contributed by atoms with van der Waals surface area (Å²) >= 11 is 0. The van der Waals surface area contributed by atoms with Gasteiger partial charge in [0.25, 0.3) is 0 Å². The van der Waals surface area contributed by atoms with E-state index in [4.69, 9.17) is 9.57 Å². The maximum absolute atomic E-state index is 13.1. The monoisotopic (exact) mass is 374 g/mol. The predicted octanol–water partition coefficient (Wildman–Crippen LogP) is 3.54. The standard InChI is InChI=1S/C21H27FN2O3/c1-3-11-24-12-5-10-21(15-24,20(25)26-4-2)14-18-13-19(23-27-18)16-6-8-17(22)9-7-16/h3,6-9,18H,1,4-5,10-15H2,2H3/t18-,21-/m1/s1. The topological polar surface area (TPSA) is 51.1 Å². The highest BCUT2D eigenvalue weighted by molar-refractivity contribution is 6.01. The van der Waals surface area contributed by atoms with E-state index in [1.807, 2.05) is 13.0 Å². The minimum Gasteiger partial charge on any atom is -0.466 e. The van der Waals surface area contributed by atoms with Gasteiger partial charge in [0.1, 0.15) is 11.9 Å². The lowest BCUT2D eigenvalue weighted by Gasteiger charge is -2.41. The van der Waals surface area contributed by atoms with E-state index in [0.717, 1.165) is 37.2 Å². The Hall–Kier alpha value is -2.21. The molecule has 146 valence electrons. The van der Waals surface area contributed by atoms with Gasteiger partial charge in [-0.1, -0.05) is 23.4 Å². The first-order valence-corrected chi connectivity index (χ1v) is 9.55. The Labute approximate surface area is 159 Å². The van der Waals surface area contributed by atoms with Crippen LogP contribution < -0.4 is 0 Å². The third-order valence-electron chi connectivity index (χ3n) is 5.28. The van der Waals surface area contributed by atoms with Crippen LogP contribution in [0.1, 0.15) is 38.2 Å². The first-order chi connectivity index (χ1) is 13.1. The number of ether oxygens (including phenoxy) is 1. The maximum atomic E-state index is 13.1. The van der Waals surface area contributed by atoms with Crippen molar-refractivity contribution >= 4 is 11.7 Å². The zero-order chi connectivity index (χ0) is 19.3. The first kappa shape index (κ1) is 19.5. The fourth-order valence-corrected chi connectivity index (χ4v) is 4.05. The molecule has 2 atom stereocenters. The highest BCUT2D eigenvalue weighted by Crippen LogP contribution is 2.39. The molecular weight excluding hydrogens is 347 g/mol. The Morgan fingerprint density at radius 3 is 2.96 bits per heavy atom. The van der Waals surface area contributed by atoms with E-state index in [-0.39, 0.29) is 17.9 Å². The van der Waals surface area contributed by atoms with Crippen LogP contribution in [0.15, 0.2) is 42.1 Å². The van der Waals surface area contributed by atoms with Gasteiger partial charge in [-0.2, -0.15) is 0 Å². The molecule has 2 aliphatic rings. The lowest BCUT2D eigenvalue weighted by molar-refractivity contribution is -0.162. The fourth-order valence-electron chi connectivity index (χ4n) is 4.05. The molecular formula is C21H27FN2O3. The van der Waals surface area contributed by atoms with Gasteiger partial charge in [0.15, 0.2) is 0 Å². The molecule has 0 radical (unpaired) electrons. The van der Waals surface area contributed by atoms with Crippen LogP contribution >= 0.6 is 0 Å². The van der Waals surface area contributed by atoms with Gasteiger partial charge in [0, 0.05) is 25.9 Å². The largest absolute Gasteiger partial charge is 0.466 e. The second-order valence-electron chi connectivity index (χ2n) is 7.31. The van der Waals surface area contributed by atoms with Crippen LogP contribution in [0.5, 0.6) is 0 Å². The zero-order valence-corrected chi connectivity index (χ0v) is 15.8. The van der Waals surface area contributed by atoms with Crippen molar-refractivity contribution in [3.63, 3.8) is 0 Å².